The summed E-state index contributed by atoms with van der Waals surface area (Å²) in [6.45, 7) is 7.49. The number of anilines is 3. The summed E-state index contributed by atoms with van der Waals surface area (Å²) < 4.78 is 0. The van der Waals surface area contributed by atoms with Crippen LogP contribution in [0.1, 0.15) is 49.4 Å². The van der Waals surface area contributed by atoms with E-state index < -0.39 is 0 Å². The van der Waals surface area contributed by atoms with Crippen LogP contribution in [0, 0.1) is 11.3 Å². The molecule has 0 spiro atoms. The van der Waals surface area contributed by atoms with E-state index >= 15 is 0 Å². The van der Waals surface area contributed by atoms with Gasteiger partial charge in [-0.25, -0.2) is 4.98 Å². The minimum atomic E-state index is 0.485. The number of aryl methyl sites for hydroxylation is 1. The van der Waals surface area contributed by atoms with Gasteiger partial charge in [0, 0.05) is 49.2 Å². The van der Waals surface area contributed by atoms with E-state index in [4.69, 9.17) is 9.97 Å². The molecule has 0 bridgehead atoms. The Morgan fingerprint density at radius 2 is 1.76 bits per heavy atom. The highest BCUT2D eigenvalue weighted by Crippen LogP contribution is 2.24. The number of aromatic nitrogens is 2. The second-order valence-corrected chi connectivity index (χ2v) is 10.2. The first-order chi connectivity index (χ1) is 18.2. The van der Waals surface area contributed by atoms with Crippen molar-refractivity contribution in [3.63, 3.8) is 0 Å². The van der Waals surface area contributed by atoms with Crippen molar-refractivity contribution in [3.05, 3.63) is 77.5 Å². The minimum Gasteiger partial charge on any atom is -0.355 e. The van der Waals surface area contributed by atoms with Gasteiger partial charge in [0.2, 0.25) is 5.95 Å². The Hall–Kier alpha value is -3.47. The smallest absolute Gasteiger partial charge is 0.229 e. The summed E-state index contributed by atoms with van der Waals surface area (Å²) in [4.78, 5) is 14.6. The van der Waals surface area contributed by atoms with Crippen LogP contribution in [-0.4, -0.2) is 53.1 Å². The summed E-state index contributed by atoms with van der Waals surface area (Å²) >= 11 is 0. The lowest BCUT2D eigenvalue weighted by molar-refractivity contribution is 0.185. The molecule has 2 aromatic carbocycles. The molecule has 2 fully saturated rings. The van der Waals surface area contributed by atoms with E-state index in [0.717, 1.165) is 69.2 Å². The van der Waals surface area contributed by atoms with Crippen LogP contribution >= 0.6 is 0 Å². The summed E-state index contributed by atoms with van der Waals surface area (Å²) in [5.41, 5.74) is 3.90. The average Bonchev–Trinajstić information content (AvgIpc) is 3.39. The first-order valence-corrected chi connectivity index (χ1v) is 13.6. The molecule has 3 heterocycles. The maximum Gasteiger partial charge on any atom is 0.229 e. The van der Waals surface area contributed by atoms with Gasteiger partial charge in [-0.1, -0.05) is 49.7 Å². The normalized spacial score (nSPS) is 18.6. The first-order valence-electron chi connectivity index (χ1n) is 13.6. The highest BCUT2D eigenvalue weighted by molar-refractivity contribution is 5.58. The molecule has 7 heteroatoms. The number of benzene rings is 2. The summed E-state index contributed by atoms with van der Waals surface area (Å²) in [6, 6.07) is 23.6. The second kappa shape index (κ2) is 12.2. The van der Waals surface area contributed by atoms with Crippen molar-refractivity contribution >= 4 is 17.5 Å². The van der Waals surface area contributed by atoms with Crippen molar-refractivity contribution in [1.82, 2.24) is 20.2 Å². The van der Waals surface area contributed by atoms with Crippen molar-refractivity contribution < 1.29 is 0 Å². The highest BCUT2D eigenvalue weighted by Gasteiger charge is 2.28. The molecule has 0 amide bonds. The predicted octanol–water partition coefficient (Wildman–Crippen LogP) is 4.88. The van der Waals surface area contributed by atoms with E-state index in [2.05, 4.69) is 69.8 Å². The van der Waals surface area contributed by atoms with Gasteiger partial charge < -0.3 is 15.5 Å². The van der Waals surface area contributed by atoms with Crippen LogP contribution in [0.15, 0.2) is 60.7 Å². The Bertz CT molecular complexity index is 1200. The largest absolute Gasteiger partial charge is 0.355 e. The van der Waals surface area contributed by atoms with Crippen molar-refractivity contribution in [1.29, 1.82) is 5.26 Å². The van der Waals surface area contributed by atoms with Crippen molar-refractivity contribution in [2.75, 3.05) is 36.4 Å². The Labute approximate surface area is 220 Å². The van der Waals surface area contributed by atoms with Crippen molar-refractivity contribution in [2.24, 2.45) is 0 Å². The highest BCUT2D eigenvalue weighted by atomic mass is 15.3. The molecule has 0 aliphatic carbocycles. The molecule has 0 saturated carbocycles. The molecular formula is C30H37N7. The fourth-order valence-electron chi connectivity index (χ4n) is 5.42. The van der Waals surface area contributed by atoms with E-state index in [1.165, 1.54) is 18.4 Å². The zero-order chi connectivity index (χ0) is 25.5. The summed E-state index contributed by atoms with van der Waals surface area (Å²) in [5.74, 6) is 1.58. The zero-order valence-corrected chi connectivity index (χ0v) is 21.7. The van der Waals surface area contributed by atoms with Gasteiger partial charge in [0.05, 0.1) is 11.6 Å². The molecule has 1 unspecified atom stereocenters. The molecule has 2 aliphatic heterocycles. The zero-order valence-electron chi connectivity index (χ0n) is 21.7. The lowest BCUT2D eigenvalue weighted by Gasteiger charge is -2.34. The minimum absolute atomic E-state index is 0.485. The molecule has 2 aliphatic rings. The van der Waals surface area contributed by atoms with Gasteiger partial charge in [-0.2, -0.15) is 10.2 Å². The molecule has 2 saturated heterocycles. The van der Waals surface area contributed by atoms with Crippen molar-refractivity contribution in [2.45, 2.75) is 57.7 Å². The van der Waals surface area contributed by atoms with Crippen LogP contribution in [0.25, 0.3) is 0 Å². The van der Waals surface area contributed by atoms with Gasteiger partial charge in [-0.15, -0.1) is 0 Å². The summed E-state index contributed by atoms with van der Waals surface area (Å²) in [5, 5.41) is 16.5. The molecule has 3 aromatic rings. The monoisotopic (exact) mass is 495 g/mol. The molecule has 7 nitrogen and oxygen atoms in total. The number of piperidine rings is 1. The van der Waals surface area contributed by atoms with Crippen molar-refractivity contribution in [3.8, 4) is 6.07 Å². The molecule has 1 atom stereocenters. The van der Waals surface area contributed by atoms with Gasteiger partial charge in [-0.3, -0.25) is 4.90 Å². The Kier molecular flexibility index (Phi) is 8.29. The van der Waals surface area contributed by atoms with E-state index in [9.17, 15) is 5.26 Å². The van der Waals surface area contributed by atoms with Gasteiger partial charge in [-0.05, 0) is 62.5 Å². The number of nitriles is 1. The van der Waals surface area contributed by atoms with E-state index in [1.54, 1.807) is 6.07 Å². The van der Waals surface area contributed by atoms with E-state index in [-0.39, 0.29) is 0 Å². The first kappa shape index (κ1) is 25.2. The second-order valence-electron chi connectivity index (χ2n) is 10.2. The summed E-state index contributed by atoms with van der Waals surface area (Å²) in [7, 11) is 0. The quantitative estimate of drug-likeness (QED) is 0.438. The molecule has 5 rings (SSSR count). The Morgan fingerprint density at radius 3 is 2.54 bits per heavy atom. The Morgan fingerprint density at radius 1 is 0.946 bits per heavy atom. The van der Waals surface area contributed by atoms with Crippen LogP contribution in [0.3, 0.4) is 0 Å². The third-order valence-electron chi connectivity index (χ3n) is 7.34. The number of hydrogen-bond acceptors (Lipinski definition) is 7. The molecule has 0 radical (unpaired) electrons. The number of rotatable bonds is 9. The Balaban J connectivity index is 1.17. The van der Waals surface area contributed by atoms with Gasteiger partial charge >= 0.3 is 0 Å². The fourth-order valence-corrected chi connectivity index (χ4v) is 5.42. The molecule has 192 valence electrons. The fraction of sp³-hybridized carbons (Fsp3) is 0.433. The van der Waals surface area contributed by atoms with Crippen LogP contribution < -0.4 is 15.5 Å². The summed E-state index contributed by atoms with van der Waals surface area (Å²) in [6.07, 6.45) is 5.48. The molecular weight excluding hydrogens is 458 g/mol. The number of nitrogens with zero attached hydrogens (tertiary/aromatic N) is 5. The van der Waals surface area contributed by atoms with Gasteiger partial charge in [0.15, 0.2) is 0 Å². The van der Waals surface area contributed by atoms with E-state index in [0.29, 0.717) is 23.6 Å². The maximum absolute atomic E-state index is 9.22. The van der Waals surface area contributed by atoms with Gasteiger partial charge in [0.25, 0.3) is 0 Å². The lowest BCUT2D eigenvalue weighted by atomic mass is 10.0. The molecule has 37 heavy (non-hydrogen) atoms. The lowest BCUT2D eigenvalue weighted by Crippen LogP contribution is -2.46. The topological polar surface area (TPSA) is 80.1 Å². The van der Waals surface area contributed by atoms with Crippen LogP contribution in [-0.2, 0) is 13.0 Å². The maximum atomic E-state index is 9.22. The third-order valence-corrected chi connectivity index (χ3v) is 7.34. The SMILES string of the molecule is CCCc1cc(N2CCC(NC3CCN(Cc4ccccc4)CC3)C2)nc(Nc2cccc(C#N)c2)n1. The number of likely N-dealkylation sites (tertiary alicyclic amines) is 1. The molecule has 1 aromatic heterocycles. The third kappa shape index (κ3) is 6.85. The van der Waals surface area contributed by atoms with Crippen LogP contribution in [0.4, 0.5) is 17.5 Å². The predicted molar refractivity (Wildman–Crippen MR) is 149 cm³/mol. The van der Waals surface area contributed by atoms with Crippen LogP contribution in [0.5, 0.6) is 0 Å². The molecule has 2 N–H and O–H groups in total. The van der Waals surface area contributed by atoms with E-state index in [1.807, 2.05) is 18.2 Å². The number of hydrogen-bond donors (Lipinski definition) is 2. The number of nitrogens with one attached hydrogen (secondary N) is 2. The standard InChI is InChI=1S/C30H37N7/c1-2-7-26-19-29(35-30(33-26)34-27-11-6-10-24(18-27)20-31)37-17-14-28(22-37)32-25-12-15-36(16-13-25)21-23-8-4-3-5-9-23/h3-6,8-11,18-19,25,28,32H,2,7,12-17,21-22H2,1H3,(H,33,34,35). The van der Waals surface area contributed by atoms with Crippen LogP contribution in [0.2, 0.25) is 0 Å². The average molecular weight is 496 g/mol. The van der Waals surface area contributed by atoms with Gasteiger partial charge in [0.1, 0.15) is 5.82 Å².